The topological polar surface area (TPSA) is 121 Å². The molecule has 2 heterocycles. The molecule has 4 rings (SSSR count). The number of benzene rings is 2. The van der Waals surface area contributed by atoms with Gasteiger partial charge in [-0.15, -0.1) is 0 Å². The van der Waals surface area contributed by atoms with Gasteiger partial charge in [0.05, 0.1) is 6.54 Å². The maximum atomic E-state index is 12.2. The lowest BCUT2D eigenvalue weighted by atomic mass is 10.2. The van der Waals surface area contributed by atoms with Crippen LogP contribution in [0.25, 0.3) is 0 Å². The summed E-state index contributed by atoms with van der Waals surface area (Å²) >= 11 is 0. The molecule has 9 heteroatoms. The average molecular weight is 454 g/mol. The van der Waals surface area contributed by atoms with Gasteiger partial charge in [-0.3, -0.25) is 9.59 Å². The second kappa shape index (κ2) is 10.7. The van der Waals surface area contributed by atoms with E-state index in [1.54, 1.807) is 48.7 Å². The highest BCUT2D eigenvalue weighted by molar-refractivity contribution is 5.99. The number of anilines is 5. The Morgan fingerprint density at radius 2 is 1.44 bits per heavy atom. The molecule has 0 saturated carbocycles. The van der Waals surface area contributed by atoms with E-state index in [0.29, 0.717) is 28.7 Å². The Morgan fingerprint density at radius 1 is 0.765 bits per heavy atom. The van der Waals surface area contributed by atoms with Gasteiger partial charge >= 0.3 is 0 Å². The van der Waals surface area contributed by atoms with E-state index < -0.39 is 0 Å². The average Bonchev–Trinajstić information content (AvgIpc) is 2.84. The van der Waals surface area contributed by atoms with Crippen molar-refractivity contribution in [2.24, 2.45) is 0 Å². The van der Waals surface area contributed by atoms with E-state index in [4.69, 9.17) is 0 Å². The first-order chi connectivity index (χ1) is 16.5. The number of nitrogens with zero attached hydrogens (tertiary/aromatic N) is 3. The van der Waals surface area contributed by atoms with E-state index >= 15 is 0 Å². The van der Waals surface area contributed by atoms with E-state index in [2.05, 4.69) is 36.2 Å². The summed E-state index contributed by atoms with van der Waals surface area (Å²) in [4.78, 5) is 36.9. The molecule has 34 heavy (non-hydrogen) atoms. The molecule has 0 bridgehead atoms. The van der Waals surface area contributed by atoms with Gasteiger partial charge in [0.2, 0.25) is 5.91 Å². The Morgan fingerprint density at radius 3 is 2.18 bits per heavy atom. The largest absolute Gasteiger partial charge is 0.343 e. The van der Waals surface area contributed by atoms with Gasteiger partial charge in [-0.2, -0.15) is 0 Å². The smallest absolute Gasteiger partial charge is 0.251 e. The van der Waals surface area contributed by atoms with Gasteiger partial charge in [-0.05, 0) is 61.0 Å². The molecule has 9 nitrogen and oxygen atoms in total. The van der Waals surface area contributed by atoms with Crippen molar-refractivity contribution in [1.29, 1.82) is 0 Å². The van der Waals surface area contributed by atoms with Gasteiger partial charge in [-0.1, -0.05) is 18.2 Å². The minimum absolute atomic E-state index is 0.125. The van der Waals surface area contributed by atoms with Gasteiger partial charge in [0.15, 0.2) is 0 Å². The van der Waals surface area contributed by atoms with Gasteiger partial charge in [0.25, 0.3) is 5.91 Å². The molecule has 2 aromatic carbocycles. The maximum absolute atomic E-state index is 12.2. The lowest BCUT2D eigenvalue weighted by molar-refractivity contribution is -0.115. The molecule has 0 aliphatic carbocycles. The van der Waals surface area contributed by atoms with Crippen molar-refractivity contribution in [2.75, 3.05) is 22.5 Å². The quantitative estimate of drug-likeness (QED) is 0.318. The number of aryl methyl sites for hydroxylation is 1. The molecule has 2 aromatic heterocycles. The van der Waals surface area contributed by atoms with Crippen LogP contribution in [0.4, 0.5) is 28.8 Å². The number of hydrogen-bond donors (Lipinski definition) is 4. The Balaban J connectivity index is 1.29. The molecule has 0 aliphatic rings. The van der Waals surface area contributed by atoms with Crippen LogP contribution in [-0.4, -0.2) is 33.3 Å². The predicted octanol–water partition coefficient (Wildman–Crippen LogP) is 4.04. The van der Waals surface area contributed by atoms with Gasteiger partial charge in [0.1, 0.15) is 23.8 Å². The number of amides is 2. The van der Waals surface area contributed by atoms with E-state index in [0.717, 1.165) is 11.3 Å². The van der Waals surface area contributed by atoms with Crippen LogP contribution in [0, 0.1) is 6.92 Å². The molecular formula is C25H23N7O2. The molecule has 0 unspecified atom stereocenters. The molecule has 4 aromatic rings. The molecule has 0 spiro atoms. The number of carbonyl (C=O) groups is 2. The summed E-state index contributed by atoms with van der Waals surface area (Å²) in [5.41, 5.74) is 2.99. The first kappa shape index (κ1) is 22.4. The molecule has 2 amide bonds. The SMILES string of the molecule is Cc1ccnc(Nc2cc(Nc3ccc(NC(=O)CNC(=O)c4ccccc4)cc3)ncn2)c1. The summed E-state index contributed by atoms with van der Waals surface area (Å²) in [7, 11) is 0. The fraction of sp³-hybridized carbons (Fsp3) is 0.0800. The zero-order valence-electron chi connectivity index (χ0n) is 18.4. The molecule has 0 fully saturated rings. The van der Waals surface area contributed by atoms with Crippen LogP contribution in [0.5, 0.6) is 0 Å². The Labute approximate surface area is 196 Å². The summed E-state index contributed by atoms with van der Waals surface area (Å²) < 4.78 is 0. The molecule has 0 atom stereocenters. The predicted molar refractivity (Wildman–Crippen MR) is 131 cm³/mol. The first-order valence-electron chi connectivity index (χ1n) is 10.6. The fourth-order valence-electron chi connectivity index (χ4n) is 3.07. The minimum atomic E-state index is -0.318. The van der Waals surface area contributed by atoms with Crippen molar-refractivity contribution in [3.8, 4) is 0 Å². The lowest BCUT2D eigenvalue weighted by Gasteiger charge is -2.10. The van der Waals surface area contributed by atoms with Crippen molar-refractivity contribution in [2.45, 2.75) is 6.92 Å². The fourth-order valence-corrected chi connectivity index (χ4v) is 3.07. The molecule has 4 N–H and O–H groups in total. The van der Waals surface area contributed by atoms with E-state index in [9.17, 15) is 9.59 Å². The normalized spacial score (nSPS) is 10.3. The Bertz CT molecular complexity index is 1280. The third-order valence-electron chi connectivity index (χ3n) is 4.73. The van der Waals surface area contributed by atoms with Crippen molar-refractivity contribution in [1.82, 2.24) is 20.3 Å². The molecule has 0 aliphatic heterocycles. The van der Waals surface area contributed by atoms with Crippen LogP contribution in [-0.2, 0) is 4.79 Å². The van der Waals surface area contributed by atoms with Crippen molar-refractivity contribution < 1.29 is 9.59 Å². The second-order valence-corrected chi connectivity index (χ2v) is 7.43. The third kappa shape index (κ3) is 6.36. The van der Waals surface area contributed by atoms with E-state index in [1.165, 1.54) is 6.33 Å². The van der Waals surface area contributed by atoms with Crippen molar-refractivity contribution >= 4 is 40.6 Å². The van der Waals surface area contributed by atoms with Gasteiger partial charge in [-0.25, -0.2) is 15.0 Å². The number of carbonyl (C=O) groups excluding carboxylic acids is 2. The molecule has 0 radical (unpaired) electrons. The van der Waals surface area contributed by atoms with Crippen LogP contribution in [0.3, 0.4) is 0 Å². The van der Waals surface area contributed by atoms with E-state index in [-0.39, 0.29) is 18.4 Å². The number of hydrogen-bond acceptors (Lipinski definition) is 7. The Kier molecular flexibility index (Phi) is 7.04. The second-order valence-electron chi connectivity index (χ2n) is 7.43. The highest BCUT2D eigenvalue weighted by Crippen LogP contribution is 2.20. The first-order valence-corrected chi connectivity index (χ1v) is 10.6. The van der Waals surface area contributed by atoms with Crippen LogP contribution in [0.15, 0.2) is 85.3 Å². The highest BCUT2D eigenvalue weighted by Gasteiger charge is 2.08. The zero-order chi connectivity index (χ0) is 23.8. The maximum Gasteiger partial charge on any atom is 0.251 e. The summed E-state index contributed by atoms with van der Waals surface area (Å²) in [5.74, 6) is 1.29. The molecule has 0 saturated heterocycles. The van der Waals surface area contributed by atoms with Crippen LogP contribution < -0.4 is 21.3 Å². The number of rotatable bonds is 8. The minimum Gasteiger partial charge on any atom is -0.343 e. The van der Waals surface area contributed by atoms with Crippen LogP contribution in [0.2, 0.25) is 0 Å². The lowest BCUT2D eigenvalue weighted by Crippen LogP contribution is -2.32. The summed E-state index contributed by atoms with van der Waals surface area (Å²) in [6.45, 7) is 1.87. The number of aromatic nitrogens is 3. The Hall–Kier alpha value is -4.79. The summed E-state index contributed by atoms with van der Waals surface area (Å²) in [6.07, 6.45) is 3.19. The van der Waals surface area contributed by atoms with Gasteiger partial charge < -0.3 is 21.3 Å². The summed E-state index contributed by atoms with van der Waals surface area (Å²) in [6, 6.07) is 21.5. The number of nitrogens with one attached hydrogen (secondary N) is 4. The summed E-state index contributed by atoms with van der Waals surface area (Å²) in [5, 5.41) is 11.7. The monoisotopic (exact) mass is 453 g/mol. The zero-order valence-corrected chi connectivity index (χ0v) is 18.4. The third-order valence-corrected chi connectivity index (χ3v) is 4.73. The highest BCUT2D eigenvalue weighted by atomic mass is 16.2. The standard InChI is InChI=1S/C25H23N7O2/c1-17-11-12-26-21(13-17)32-23-14-22(28-16-29-23)30-19-7-9-20(10-8-19)31-24(33)15-27-25(34)18-5-3-2-4-6-18/h2-14,16H,15H2,1H3,(H,27,34)(H,31,33)(H2,26,28,29,30,32). The number of pyridine rings is 1. The van der Waals surface area contributed by atoms with Gasteiger partial charge in [0, 0.05) is 29.2 Å². The van der Waals surface area contributed by atoms with Crippen molar-refractivity contribution in [3.63, 3.8) is 0 Å². The van der Waals surface area contributed by atoms with Crippen LogP contribution in [0.1, 0.15) is 15.9 Å². The van der Waals surface area contributed by atoms with Crippen molar-refractivity contribution in [3.05, 3.63) is 96.4 Å². The molecular weight excluding hydrogens is 430 g/mol. The molecule has 170 valence electrons. The van der Waals surface area contributed by atoms with Crippen LogP contribution >= 0.6 is 0 Å². The van der Waals surface area contributed by atoms with E-state index in [1.807, 2.05) is 37.3 Å².